The fourth-order valence-corrected chi connectivity index (χ4v) is 3.34. The smallest absolute Gasteiger partial charge is 0.279 e. The first-order valence-electron chi connectivity index (χ1n) is 6.65. The molecule has 0 amide bonds. The van der Waals surface area contributed by atoms with Gasteiger partial charge in [-0.3, -0.25) is 0 Å². The quantitative estimate of drug-likeness (QED) is 0.663. The highest BCUT2D eigenvalue weighted by molar-refractivity contribution is 7.87. The summed E-state index contributed by atoms with van der Waals surface area (Å²) in [6.45, 7) is 5.92. The largest absolute Gasteiger partial charge is 0.330 e. The lowest BCUT2D eigenvalue weighted by Crippen LogP contribution is -2.51. The van der Waals surface area contributed by atoms with Crippen molar-refractivity contribution < 1.29 is 8.42 Å². The molecule has 7 heteroatoms. The zero-order valence-corrected chi connectivity index (χ0v) is 12.2. The minimum atomic E-state index is -3.36. The summed E-state index contributed by atoms with van der Waals surface area (Å²) in [4.78, 5) is 2.27. The number of piperidine rings is 1. The van der Waals surface area contributed by atoms with Crippen LogP contribution in [0.3, 0.4) is 0 Å². The first kappa shape index (κ1) is 15.8. The molecule has 3 N–H and O–H groups in total. The molecule has 1 heterocycles. The lowest BCUT2D eigenvalue weighted by molar-refractivity contribution is 0.210. The predicted molar refractivity (Wildman–Crippen MR) is 73.5 cm³/mol. The summed E-state index contributed by atoms with van der Waals surface area (Å²) in [6.07, 6.45) is 2.65. The molecule has 1 aliphatic rings. The maximum atomic E-state index is 12.1. The maximum Gasteiger partial charge on any atom is 0.279 e. The second-order valence-electron chi connectivity index (χ2n) is 4.82. The van der Waals surface area contributed by atoms with E-state index in [1.54, 1.807) is 7.05 Å². The van der Waals surface area contributed by atoms with Gasteiger partial charge >= 0.3 is 0 Å². The Kier molecular flexibility index (Phi) is 6.51. The molecule has 0 saturated carbocycles. The number of rotatable bonds is 7. The number of nitrogens with zero attached hydrogens (tertiary/aromatic N) is 2. The van der Waals surface area contributed by atoms with Gasteiger partial charge in [0.1, 0.15) is 0 Å². The van der Waals surface area contributed by atoms with Crippen molar-refractivity contribution in [3.8, 4) is 0 Å². The fourth-order valence-electron chi connectivity index (χ4n) is 2.17. The molecule has 0 aliphatic carbocycles. The molecule has 1 saturated heterocycles. The Morgan fingerprint density at radius 1 is 1.50 bits per heavy atom. The van der Waals surface area contributed by atoms with Gasteiger partial charge in [0.15, 0.2) is 0 Å². The van der Waals surface area contributed by atoms with Crippen LogP contribution in [0.2, 0.25) is 0 Å². The van der Waals surface area contributed by atoms with Gasteiger partial charge < -0.3 is 10.6 Å². The van der Waals surface area contributed by atoms with E-state index in [0.29, 0.717) is 19.5 Å². The van der Waals surface area contributed by atoms with Crippen LogP contribution in [0.5, 0.6) is 0 Å². The molecular formula is C11H26N4O2S. The molecule has 0 radical (unpaired) electrons. The van der Waals surface area contributed by atoms with E-state index in [1.165, 1.54) is 4.31 Å². The SMILES string of the molecule is CCN1CCCC(NS(=O)(=O)N(C)CCCN)C1. The van der Waals surface area contributed by atoms with Crippen LogP contribution in [0.25, 0.3) is 0 Å². The first-order chi connectivity index (χ1) is 8.49. The molecule has 0 aromatic carbocycles. The van der Waals surface area contributed by atoms with Crippen LogP contribution in [-0.4, -0.2) is 63.4 Å². The molecule has 1 fully saturated rings. The third kappa shape index (κ3) is 4.81. The molecule has 6 nitrogen and oxygen atoms in total. The Bertz CT molecular complexity index is 334. The Balaban J connectivity index is 2.48. The highest BCUT2D eigenvalue weighted by atomic mass is 32.2. The standard InChI is InChI=1S/C11H26N4O2S/c1-3-15-9-4-6-11(10-15)13-18(16,17)14(2)8-5-7-12/h11,13H,3-10,12H2,1-2H3. The molecule has 0 aromatic heterocycles. The third-order valence-electron chi connectivity index (χ3n) is 3.36. The Morgan fingerprint density at radius 3 is 2.83 bits per heavy atom. The Hall–Kier alpha value is -0.210. The average molecular weight is 278 g/mol. The second-order valence-corrected chi connectivity index (χ2v) is 6.63. The van der Waals surface area contributed by atoms with Crippen molar-refractivity contribution in [1.82, 2.24) is 13.9 Å². The maximum absolute atomic E-state index is 12.1. The monoisotopic (exact) mass is 278 g/mol. The summed E-state index contributed by atoms with van der Waals surface area (Å²) in [6, 6.07) is 0.0315. The topological polar surface area (TPSA) is 78.7 Å². The zero-order valence-electron chi connectivity index (χ0n) is 11.4. The Morgan fingerprint density at radius 2 is 2.22 bits per heavy atom. The minimum Gasteiger partial charge on any atom is -0.330 e. The van der Waals surface area contributed by atoms with E-state index in [9.17, 15) is 8.42 Å². The number of nitrogens with one attached hydrogen (secondary N) is 1. The summed E-state index contributed by atoms with van der Waals surface area (Å²) < 4.78 is 28.2. The number of hydrogen-bond donors (Lipinski definition) is 2. The van der Waals surface area contributed by atoms with Gasteiger partial charge in [-0.2, -0.15) is 17.4 Å². The molecule has 0 spiro atoms. The molecule has 0 aromatic rings. The van der Waals surface area contributed by atoms with Crippen molar-refractivity contribution in [3.63, 3.8) is 0 Å². The highest BCUT2D eigenvalue weighted by Gasteiger charge is 2.25. The molecule has 108 valence electrons. The van der Waals surface area contributed by atoms with Crippen LogP contribution in [0.15, 0.2) is 0 Å². The van der Waals surface area contributed by atoms with Gasteiger partial charge in [0.05, 0.1) is 0 Å². The van der Waals surface area contributed by atoms with E-state index >= 15 is 0 Å². The zero-order chi connectivity index (χ0) is 13.6. The summed E-state index contributed by atoms with van der Waals surface area (Å²) in [5.74, 6) is 0. The number of likely N-dealkylation sites (tertiary alicyclic amines) is 1. The van der Waals surface area contributed by atoms with Crippen molar-refractivity contribution in [1.29, 1.82) is 0 Å². The van der Waals surface area contributed by atoms with E-state index in [1.807, 2.05) is 0 Å². The van der Waals surface area contributed by atoms with E-state index in [4.69, 9.17) is 5.73 Å². The second kappa shape index (κ2) is 7.40. The number of likely N-dealkylation sites (N-methyl/N-ethyl adjacent to an activating group) is 1. The van der Waals surface area contributed by atoms with Gasteiger partial charge in [0, 0.05) is 26.2 Å². The van der Waals surface area contributed by atoms with Crippen molar-refractivity contribution in [2.24, 2.45) is 5.73 Å². The number of nitrogens with two attached hydrogens (primary N) is 1. The minimum absolute atomic E-state index is 0.0315. The summed E-state index contributed by atoms with van der Waals surface area (Å²) >= 11 is 0. The fraction of sp³-hybridized carbons (Fsp3) is 1.00. The summed E-state index contributed by atoms with van der Waals surface area (Å²) in [7, 11) is -1.77. The first-order valence-corrected chi connectivity index (χ1v) is 8.09. The van der Waals surface area contributed by atoms with Crippen molar-refractivity contribution >= 4 is 10.2 Å². The van der Waals surface area contributed by atoms with E-state index in [2.05, 4.69) is 16.5 Å². The van der Waals surface area contributed by atoms with Gasteiger partial charge in [-0.05, 0) is 38.9 Å². The van der Waals surface area contributed by atoms with Gasteiger partial charge in [0.25, 0.3) is 10.2 Å². The third-order valence-corrected chi connectivity index (χ3v) is 4.99. The number of hydrogen-bond acceptors (Lipinski definition) is 4. The van der Waals surface area contributed by atoms with Crippen LogP contribution < -0.4 is 10.5 Å². The molecule has 1 unspecified atom stereocenters. The lowest BCUT2D eigenvalue weighted by Gasteiger charge is -2.33. The Labute approximate surface area is 111 Å². The van der Waals surface area contributed by atoms with E-state index < -0.39 is 10.2 Å². The predicted octanol–water partition coefficient (Wildman–Crippen LogP) is -0.414. The normalized spacial score (nSPS) is 22.6. The molecule has 1 aliphatic heterocycles. The molecule has 18 heavy (non-hydrogen) atoms. The van der Waals surface area contributed by atoms with E-state index in [-0.39, 0.29) is 6.04 Å². The van der Waals surface area contributed by atoms with E-state index in [0.717, 1.165) is 32.5 Å². The summed E-state index contributed by atoms with van der Waals surface area (Å²) in [5.41, 5.74) is 5.39. The van der Waals surface area contributed by atoms with Crippen LogP contribution >= 0.6 is 0 Å². The van der Waals surface area contributed by atoms with Gasteiger partial charge in [-0.1, -0.05) is 6.92 Å². The van der Waals surface area contributed by atoms with Crippen molar-refractivity contribution in [3.05, 3.63) is 0 Å². The molecule has 1 rings (SSSR count). The average Bonchev–Trinajstić information content (AvgIpc) is 2.35. The van der Waals surface area contributed by atoms with Crippen LogP contribution in [0.4, 0.5) is 0 Å². The lowest BCUT2D eigenvalue weighted by atomic mass is 10.1. The molecule has 0 bridgehead atoms. The molecule has 1 atom stereocenters. The molecular weight excluding hydrogens is 252 g/mol. The van der Waals surface area contributed by atoms with Gasteiger partial charge in [0.2, 0.25) is 0 Å². The van der Waals surface area contributed by atoms with Crippen molar-refractivity contribution in [2.75, 3.05) is 39.8 Å². The van der Waals surface area contributed by atoms with Gasteiger partial charge in [-0.25, -0.2) is 0 Å². The van der Waals surface area contributed by atoms with Crippen LogP contribution in [0, 0.1) is 0 Å². The van der Waals surface area contributed by atoms with Gasteiger partial charge in [-0.15, -0.1) is 0 Å². The highest BCUT2D eigenvalue weighted by Crippen LogP contribution is 2.11. The summed E-state index contributed by atoms with van der Waals surface area (Å²) in [5, 5.41) is 0. The van der Waals surface area contributed by atoms with Crippen LogP contribution in [-0.2, 0) is 10.2 Å². The van der Waals surface area contributed by atoms with Crippen LogP contribution in [0.1, 0.15) is 26.2 Å². The van der Waals surface area contributed by atoms with Crippen molar-refractivity contribution in [2.45, 2.75) is 32.2 Å².